The van der Waals surface area contributed by atoms with E-state index in [0.29, 0.717) is 5.02 Å². The number of phenols is 1. The van der Waals surface area contributed by atoms with Crippen LogP contribution >= 0.6 is 27.5 Å². The Morgan fingerprint density at radius 3 is 2.73 bits per heavy atom. The summed E-state index contributed by atoms with van der Waals surface area (Å²) in [6.07, 6.45) is 0.783. The molecule has 0 aromatic heterocycles. The standard InChI is InChI=1S/C8H8BrClO/c1-2-5-3-6(9)4-7(10)8(5)11/h3-4,11H,2H2,1H3. The van der Waals surface area contributed by atoms with Gasteiger partial charge < -0.3 is 5.11 Å². The molecule has 1 nitrogen and oxygen atoms in total. The van der Waals surface area contributed by atoms with Gasteiger partial charge in [-0.3, -0.25) is 0 Å². The molecule has 1 N–H and O–H groups in total. The second kappa shape index (κ2) is 3.46. The number of aromatic hydroxyl groups is 1. The van der Waals surface area contributed by atoms with Crippen LogP contribution in [0.15, 0.2) is 16.6 Å². The molecule has 0 aliphatic rings. The van der Waals surface area contributed by atoms with E-state index in [-0.39, 0.29) is 5.75 Å². The molecule has 0 aliphatic carbocycles. The van der Waals surface area contributed by atoms with Gasteiger partial charge in [-0.15, -0.1) is 0 Å². The maximum absolute atomic E-state index is 9.37. The Morgan fingerprint density at radius 1 is 1.55 bits per heavy atom. The SMILES string of the molecule is CCc1cc(Br)cc(Cl)c1O. The molecule has 0 bridgehead atoms. The summed E-state index contributed by atoms with van der Waals surface area (Å²) >= 11 is 9.01. The van der Waals surface area contributed by atoms with Crippen LogP contribution in [0.2, 0.25) is 5.02 Å². The van der Waals surface area contributed by atoms with Gasteiger partial charge in [-0.1, -0.05) is 34.5 Å². The Bertz CT molecular complexity index is 273. The highest BCUT2D eigenvalue weighted by Gasteiger charge is 2.04. The second-order valence-corrected chi connectivity index (χ2v) is 3.57. The van der Waals surface area contributed by atoms with Gasteiger partial charge in [0.2, 0.25) is 0 Å². The molecule has 0 saturated carbocycles. The predicted octanol–water partition coefficient (Wildman–Crippen LogP) is 3.37. The number of phenolic OH excluding ortho intramolecular Hbond substituents is 1. The Kier molecular flexibility index (Phi) is 2.79. The molecule has 0 heterocycles. The first-order chi connectivity index (χ1) is 5.15. The average molecular weight is 236 g/mol. The molecule has 0 atom stereocenters. The minimum Gasteiger partial charge on any atom is -0.506 e. The molecular weight excluding hydrogens is 227 g/mol. The van der Waals surface area contributed by atoms with Gasteiger partial charge in [0.05, 0.1) is 5.02 Å². The van der Waals surface area contributed by atoms with E-state index in [0.717, 1.165) is 16.5 Å². The molecule has 60 valence electrons. The van der Waals surface area contributed by atoms with Crippen LogP contribution in [0.25, 0.3) is 0 Å². The van der Waals surface area contributed by atoms with Crippen LogP contribution < -0.4 is 0 Å². The molecule has 3 heteroatoms. The van der Waals surface area contributed by atoms with Crippen molar-refractivity contribution in [1.29, 1.82) is 0 Å². The van der Waals surface area contributed by atoms with Crippen molar-refractivity contribution in [3.8, 4) is 5.75 Å². The highest BCUT2D eigenvalue weighted by Crippen LogP contribution is 2.31. The number of benzene rings is 1. The van der Waals surface area contributed by atoms with E-state index in [2.05, 4.69) is 15.9 Å². The van der Waals surface area contributed by atoms with Crippen LogP contribution in [0.4, 0.5) is 0 Å². The third kappa shape index (κ3) is 1.88. The number of halogens is 2. The fourth-order valence-electron chi connectivity index (χ4n) is 0.889. The number of hydrogen-bond acceptors (Lipinski definition) is 1. The quantitative estimate of drug-likeness (QED) is 0.791. The lowest BCUT2D eigenvalue weighted by molar-refractivity contribution is 0.469. The largest absolute Gasteiger partial charge is 0.506 e. The minimum atomic E-state index is 0.192. The highest BCUT2D eigenvalue weighted by molar-refractivity contribution is 9.10. The van der Waals surface area contributed by atoms with Gasteiger partial charge in [-0.25, -0.2) is 0 Å². The molecule has 0 aliphatic heterocycles. The van der Waals surface area contributed by atoms with Crippen molar-refractivity contribution in [3.05, 3.63) is 27.2 Å². The Hall–Kier alpha value is -0.210. The lowest BCUT2D eigenvalue weighted by Crippen LogP contribution is -1.82. The van der Waals surface area contributed by atoms with Crippen LogP contribution in [0.1, 0.15) is 12.5 Å². The third-order valence-electron chi connectivity index (χ3n) is 1.49. The van der Waals surface area contributed by atoms with E-state index in [1.54, 1.807) is 6.07 Å². The maximum Gasteiger partial charge on any atom is 0.137 e. The van der Waals surface area contributed by atoms with Gasteiger partial charge in [-0.05, 0) is 24.1 Å². The lowest BCUT2D eigenvalue weighted by atomic mass is 10.1. The molecule has 1 aromatic rings. The van der Waals surface area contributed by atoms with E-state index in [1.165, 1.54) is 0 Å². The molecule has 0 amide bonds. The summed E-state index contributed by atoms with van der Waals surface area (Å²) in [6, 6.07) is 3.54. The first-order valence-electron chi connectivity index (χ1n) is 3.32. The van der Waals surface area contributed by atoms with Crippen molar-refractivity contribution in [2.75, 3.05) is 0 Å². The van der Waals surface area contributed by atoms with E-state index in [9.17, 15) is 5.11 Å². The monoisotopic (exact) mass is 234 g/mol. The van der Waals surface area contributed by atoms with Crippen molar-refractivity contribution < 1.29 is 5.11 Å². The summed E-state index contributed by atoms with van der Waals surface area (Å²) in [5.74, 6) is 0.192. The van der Waals surface area contributed by atoms with Gasteiger partial charge in [0.25, 0.3) is 0 Å². The molecule has 0 unspecified atom stereocenters. The molecule has 0 fully saturated rings. The van der Waals surface area contributed by atoms with Gasteiger partial charge >= 0.3 is 0 Å². The summed E-state index contributed by atoms with van der Waals surface area (Å²) in [5, 5.41) is 9.77. The maximum atomic E-state index is 9.37. The Morgan fingerprint density at radius 2 is 2.18 bits per heavy atom. The molecule has 0 saturated heterocycles. The molecule has 1 aromatic carbocycles. The fourth-order valence-corrected chi connectivity index (χ4v) is 1.76. The van der Waals surface area contributed by atoms with Crippen LogP contribution in [0.5, 0.6) is 5.75 Å². The summed E-state index contributed by atoms with van der Waals surface area (Å²) in [7, 11) is 0. The normalized spacial score (nSPS) is 10.1. The molecule has 11 heavy (non-hydrogen) atoms. The predicted molar refractivity (Wildman–Crippen MR) is 50.2 cm³/mol. The first kappa shape index (κ1) is 8.88. The summed E-state index contributed by atoms with van der Waals surface area (Å²) in [5.41, 5.74) is 0.865. The summed E-state index contributed by atoms with van der Waals surface area (Å²) in [4.78, 5) is 0. The molecular formula is C8H8BrClO. The summed E-state index contributed by atoms with van der Waals surface area (Å²) < 4.78 is 0.900. The second-order valence-electron chi connectivity index (χ2n) is 2.25. The van der Waals surface area contributed by atoms with Crippen LogP contribution in [0.3, 0.4) is 0 Å². The average Bonchev–Trinajstić information content (AvgIpc) is 1.96. The summed E-state index contributed by atoms with van der Waals surface area (Å²) in [6.45, 7) is 1.97. The van der Waals surface area contributed by atoms with Crippen LogP contribution in [-0.4, -0.2) is 5.11 Å². The number of hydrogen-bond donors (Lipinski definition) is 1. The lowest BCUT2D eigenvalue weighted by Gasteiger charge is -2.03. The molecule has 0 radical (unpaired) electrons. The van der Waals surface area contributed by atoms with E-state index >= 15 is 0 Å². The Labute approximate surface area is 79.1 Å². The van der Waals surface area contributed by atoms with Crippen molar-refractivity contribution >= 4 is 27.5 Å². The van der Waals surface area contributed by atoms with Gasteiger partial charge in [0.15, 0.2) is 0 Å². The zero-order valence-electron chi connectivity index (χ0n) is 6.06. The molecule has 1 rings (SSSR count). The zero-order valence-corrected chi connectivity index (χ0v) is 8.41. The van der Waals surface area contributed by atoms with Crippen LogP contribution in [-0.2, 0) is 6.42 Å². The van der Waals surface area contributed by atoms with Crippen molar-refractivity contribution in [2.45, 2.75) is 13.3 Å². The topological polar surface area (TPSA) is 20.2 Å². The fraction of sp³-hybridized carbons (Fsp3) is 0.250. The van der Waals surface area contributed by atoms with Crippen molar-refractivity contribution in [3.63, 3.8) is 0 Å². The van der Waals surface area contributed by atoms with E-state index in [1.807, 2.05) is 13.0 Å². The smallest absolute Gasteiger partial charge is 0.137 e. The number of aryl methyl sites for hydroxylation is 1. The van der Waals surface area contributed by atoms with Crippen LogP contribution in [0, 0.1) is 0 Å². The Balaban J connectivity index is 3.24. The van der Waals surface area contributed by atoms with E-state index in [4.69, 9.17) is 11.6 Å². The molecule has 0 spiro atoms. The van der Waals surface area contributed by atoms with Gasteiger partial charge in [0.1, 0.15) is 5.75 Å². The first-order valence-corrected chi connectivity index (χ1v) is 4.49. The van der Waals surface area contributed by atoms with Gasteiger partial charge in [-0.2, -0.15) is 0 Å². The van der Waals surface area contributed by atoms with Crippen molar-refractivity contribution in [2.24, 2.45) is 0 Å². The van der Waals surface area contributed by atoms with Gasteiger partial charge in [0, 0.05) is 4.47 Å². The minimum absolute atomic E-state index is 0.192. The third-order valence-corrected chi connectivity index (χ3v) is 2.23. The highest BCUT2D eigenvalue weighted by atomic mass is 79.9. The van der Waals surface area contributed by atoms with E-state index < -0.39 is 0 Å². The number of rotatable bonds is 1. The zero-order chi connectivity index (χ0) is 8.43. The van der Waals surface area contributed by atoms with Crippen molar-refractivity contribution in [1.82, 2.24) is 0 Å².